The topological polar surface area (TPSA) is 93.1 Å². The fraction of sp³-hybridized carbons (Fsp3) is 0.600. The van der Waals surface area contributed by atoms with E-state index in [0.717, 1.165) is 5.57 Å². The molecule has 0 amide bonds. The molecule has 1 aliphatic heterocycles. The van der Waals surface area contributed by atoms with E-state index in [-0.39, 0.29) is 12.5 Å². The van der Waals surface area contributed by atoms with Crippen LogP contribution in [0.15, 0.2) is 35.5 Å². The number of hydrogen-bond acceptors (Lipinski definition) is 6. The molecule has 3 aliphatic rings. The molecule has 3 rings (SSSR count). The van der Waals surface area contributed by atoms with E-state index in [4.69, 9.17) is 14.6 Å². The van der Waals surface area contributed by atoms with Gasteiger partial charge in [-0.05, 0) is 32.8 Å². The maximum Gasteiger partial charge on any atom is 0.334 e. The van der Waals surface area contributed by atoms with Gasteiger partial charge in [0.25, 0.3) is 0 Å². The van der Waals surface area contributed by atoms with Crippen molar-refractivity contribution in [3.05, 3.63) is 35.5 Å². The average molecular weight is 362 g/mol. The molecule has 0 aromatic carbocycles. The quantitative estimate of drug-likeness (QED) is 0.451. The molecule has 6 nitrogen and oxygen atoms in total. The van der Waals surface area contributed by atoms with Crippen molar-refractivity contribution in [3.8, 4) is 0 Å². The minimum absolute atomic E-state index is 0.136. The maximum absolute atomic E-state index is 12.4. The Hall–Kier alpha value is -1.92. The zero-order valence-corrected chi connectivity index (χ0v) is 15.4. The number of hydrogen-bond donors (Lipinski definition) is 2. The van der Waals surface area contributed by atoms with Crippen molar-refractivity contribution in [1.29, 1.82) is 0 Å². The highest BCUT2D eigenvalue weighted by atomic mass is 16.6. The first-order chi connectivity index (χ1) is 12.2. The van der Waals surface area contributed by atoms with Gasteiger partial charge in [-0.25, -0.2) is 9.59 Å². The summed E-state index contributed by atoms with van der Waals surface area (Å²) in [5.41, 5.74) is 1.13. The van der Waals surface area contributed by atoms with E-state index in [0.29, 0.717) is 24.0 Å². The minimum Gasteiger partial charge on any atom is -0.458 e. The third kappa shape index (κ3) is 2.81. The molecule has 1 saturated heterocycles. The Morgan fingerprint density at radius 3 is 2.88 bits per heavy atom. The summed E-state index contributed by atoms with van der Waals surface area (Å²) >= 11 is 0. The number of aliphatic hydroxyl groups is 2. The molecular formula is C20H26O6. The number of carbonyl (C=O) groups is 2. The van der Waals surface area contributed by atoms with Crippen molar-refractivity contribution >= 4 is 11.9 Å². The molecule has 6 heteroatoms. The van der Waals surface area contributed by atoms with Crippen LogP contribution in [0.2, 0.25) is 0 Å². The Kier molecular flexibility index (Phi) is 4.84. The van der Waals surface area contributed by atoms with Crippen molar-refractivity contribution < 1.29 is 29.3 Å². The largest absolute Gasteiger partial charge is 0.458 e. The third-order valence-corrected chi connectivity index (χ3v) is 6.23. The normalized spacial score (nSPS) is 39.7. The van der Waals surface area contributed by atoms with E-state index in [9.17, 15) is 14.7 Å². The molecule has 6 atom stereocenters. The fourth-order valence-corrected chi connectivity index (χ4v) is 4.76. The van der Waals surface area contributed by atoms with Gasteiger partial charge in [0.1, 0.15) is 12.2 Å². The van der Waals surface area contributed by atoms with Gasteiger partial charge in [-0.1, -0.05) is 25.2 Å². The molecule has 0 radical (unpaired) electrons. The molecule has 1 heterocycles. The molecule has 2 aliphatic carbocycles. The van der Waals surface area contributed by atoms with Gasteiger partial charge in [0.05, 0.1) is 18.6 Å². The lowest BCUT2D eigenvalue weighted by atomic mass is 9.54. The van der Waals surface area contributed by atoms with Crippen molar-refractivity contribution in [1.82, 2.24) is 0 Å². The molecule has 2 N–H and O–H groups in total. The lowest BCUT2D eigenvalue weighted by molar-refractivity contribution is -0.172. The standard InChI is InChI=1S/C20H26O6/c1-10-5-6-14(22)20(4)9-13(25-18(23)11(2)7-8-21)15-12(3)19(24)26-17(15)16(10)20/h5,7,13-17,21-22H,3,6,8-9H2,1-2,4H3. The molecule has 1 saturated carbocycles. The van der Waals surface area contributed by atoms with E-state index in [1.54, 1.807) is 6.92 Å². The van der Waals surface area contributed by atoms with E-state index < -0.39 is 41.6 Å². The monoisotopic (exact) mass is 362 g/mol. The van der Waals surface area contributed by atoms with Gasteiger partial charge in [0.15, 0.2) is 0 Å². The van der Waals surface area contributed by atoms with Crippen LogP contribution in [0.4, 0.5) is 0 Å². The lowest BCUT2D eigenvalue weighted by Gasteiger charge is -2.53. The molecule has 0 aromatic heterocycles. The van der Waals surface area contributed by atoms with Crippen LogP contribution in [-0.4, -0.2) is 47.1 Å². The predicted octanol–water partition coefficient (Wildman–Crippen LogP) is 1.67. The zero-order valence-electron chi connectivity index (χ0n) is 15.4. The van der Waals surface area contributed by atoms with Crippen LogP contribution in [0.5, 0.6) is 0 Å². The Morgan fingerprint density at radius 2 is 2.23 bits per heavy atom. The SMILES string of the molecule is C=C1C(=O)OC2C1C(OC(=O)C(C)=CCO)CC1(C)C(O)CC=C(C)C21. The van der Waals surface area contributed by atoms with Crippen LogP contribution in [0.1, 0.15) is 33.6 Å². The first kappa shape index (κ1) is 18.9. The molecule has 6 unspecified atom stereocenters. The van der Waals surface area contributed by atoms with Crippen LogP contribution in [0, 0.1) is 17.3 Å². The Morgan fingerprint density at radius 1 is 1.54 bits per heavy atom. The minimum atomic E-state index is -0.615. The molecule has 142 valence electrons. The Balaban J connectivity index is 1.97. The Bertz CT molecular complexity index is 705. The summed E-state index contributed by atoms with van der Waals surface area (Å²) in [6.07, 6.45) is 2.58. The molecule has 0 spiro atoms. The number of carbonyl (C=O) groups excluding carboxylic acids is 2. The second kappa shape index (κ2) is 6.67. The number of ether oxygens (including phenoxy) is 2. The smallest absolute Gasteiger partial charge is 0.334 e. The van der Waals surface area contributed by atoms with Crippen LogP contribution in [0.3, 0.4) is 0 Å². The van der Waals surface area contributed by atoms with E-state index in [1.807, 2.05) is 19.9 Å². The predicted molar refractivity (Wildman–Crippen MR) is 93.8 cm³/mol. The average Bonchev–Trinajstić information content (AvgIpc) is 2.86. The highest BCUT2D eigenvalue weighted by molar-refractivity contribution is 5.92. The van der Waals surface area contributed by atoms with Gasteiger partial charge < -0.3 is 19.7 Å². The van der Waals surface area contributed by atoms with Crippen molar-refractivity contribution in [3.63, 3.8) is 0 Å². The highest BCUT2D eigenvalue weighted by Gasteiger charge is 2.61. The maximum atomic E-state index is 12.4. The van der Waals surface area contributed by atoms with E-state index in [2.05, 4.69) is 6.58 Å². The fourth-order valence-electron chi connectivity index (χ4n) is 4.76. The number of fused-ring (bicyclic) bond motifs is 3. The summed E-state index contributed by atoms with van der Waals surface area (Å²) in [6.45, 7) is 9.12. The van der Waals surface area contributed by atoms with Gasteiger partial charge in [0.2, 0.25) is 0 Å². The highest BCUT2D eigenvalue weighted by Crippen LogP contribution is 2.56. The lowest BCUT2D eigenvalue weighted by Crippen LogP contribution is -2.57. The molecular weight excluding hydrogens is 336 g/mol. The summed E-state index contributed by atoms with van der Waals surface area (Å²) in [4.78, 5) is 24.5. The first-order valence-corrected chi connectivity index (χ1v) is 8.93. The van der Waals surface area contributed by atoms with Crippen LogP contribution in [0.25, 0.3) is 0 Å². The summed E-state index contributed by atoms with van der Waals surface area (Å²) in [5.74, 6) is -1.58. The molecule has 0 aromatic rings. The van der Waals surface area contributed by atoms with Gasteiger partial charge in [-0.15, -0.1) is 0 Å². The summed E-state index contributed by atoms with van der Waals surface area (Å²) in [5, 5.41) is 19.7. The summed E-state index contributed by atoms with van der Waals surface area (Å²) in [6, 6.07) is 0. The number of esters is 2. The zero-order chi connectivity index (χ0) is 19.2. The van der Waals surface area contributed by atoms with Gasteiger partial charge in [-0.3, -0.25) is 0 Å². The second-order valence-electron chi connectivity index (χ2n) is 7.82. The van der Waals surface area contributed by atoms with Crippen molar-refractivity contribution in [2.75, 3.05) is 6.61 Å². The third-order valence-electron chi connectivity index (χ3n) is 6.23. The van der Waals surface area contributed by atoms with Crippen LogP contribution in [-0.2, 0) is 19.1 Å². The Labute approximate surface area is 153 Å². The van der Waals surface area contributed by atoms with Crippen molar-refractivity contribution in [2.45, 2.75) is 51.9 Å². The van der Waals surface area contributed by atoms with E-state index >= 15 is 0 Å². The van der Waals surface area contributed by atoms with Crippen LogP contribution >= 0.6 is 0 Å². The van der Waals surface area contributed by atoms with E-state index in [1.165, 1.54) is 6.08 Å². The van der Waals surface area contributed by atoms with Gasteiger partial charge >= 0.3 is 11.9 Å². The summed E-state index contributed by atoms with van der Waals surface area (Å²) < 4.78 is 11.3. The van der Waals surface area contributed by atoms with Gasteiger partial charge in [0, 0.05) is 22.5 Å². The first-order valence-electron chi connectivity index (χ1n) is 8.93. The molecule has 26 heavy (non-hydrogen) atoms. The van der Waals surface area contributed by atoms with Gasteiger partial charge in [-0.2, -0.15) is 0 Å². The van der Waals surface area contributed by atoms with Crippen molar-refractivity contribution in [2.24, 2.45) is 17.3 Å². The number of rotatable bonds is 3. The van der Waals surface area contributed by atoms with Crippen LogP contribution < -0.4 is 0 Å². The molecule has 0 bridgehead atoms. The molecule has 2 fully saturated rings. The second-order valence-corrected chi connectivity index (χ2v) is 7.82. The summed E-state index contributed by atoms with van der Waals surface area (Å²) in [7, 11) is 0. The number of aliphatic hydroxyl groups excluding tert-OH is 2.